The zero-order valence-corrected chi connectivity index (χ0v) is 14.7. The van der Waals surface area contributed by atoms with E-state index >= 15 is 0 Å². The van der Waals surface area contributed by atoms with Crippen LogP contribution in [0.4, 0.5) is 0 Å². The van der Waals surface area contributed by atoms with Crippen molar-refractivity contribution in [2.45, 2.75) is 38.0 Å². The first-order chi connectivity index (χ1) is 12.0. The second-order valence-electron chi connectivity index (χ2n) is 7.37. The topological polar surface area (TPSA) is 76.0 Å². The molecule has 3 atom stereocenters. The van der Waals surface area contributed by atoms with Crippen molar-refractivity contribution in [3.63, 3.8) is 0 Å². The molecule has 0 spiro atoms. The van der Waals surface area contributed by atoms with Crippen molar-refractivity contribution in [1.82, 2.24) is 20.4 Å². The fraction of sp³-hybridized carbons (Fsp3) is 0.526. The maximum atomic E-state index is 12.2. The third-order valence-corrected chi connectivity index (χ3v) is 5.69. The number of imide groups is 1. The standard InChI is InChI=1S/C19H24N4O2/c1-11-10-20-8-7-13(11)12-3-4-14-16(9-12)23(2)22-18(14)15-5-6-17(24)21-19(15)25/h3-4,9,11,13,15,20H,5-8,10H2,1-2H3,(H,21,24,25)/t11-,13?,15?/m1/s1. The molecule has 6 heteroatoms. The van der Waals surface area contributed by atoms with Gasteiger partial charge in [0.15, 0.2) is 0 Å². The zero-order valence-electron chi connectivity index (χ0n) is 14.7. The van der Waals surface area contributed by atoms with Crippen molar-refractivity contribution in [3.05, 3.63) is 29.5 Å². The molecule has 2 unspecified atom stereocenters. The van der Waals surface area contributed by atoms with Crippen LogP contribution in [-0.2, 0) is 16.6 Å². The predicted molar refractivity (Wildman–Crippen MR) is 95.2 cm³/mol. The second-order valence-corrected chi connectivity index (χ2v) is 7.37. The lowest BCUT2D eigenvalue weighted by atomic mass is 9.82. The third kappa shape index (κ3) is 2.84. The maximum Gasteiger partial charge on any atom is 0.235 e. The van der Waals surface area contributed by atoms with Crippen molar-refractivity contribution < 1.29 is 9.59 Å². The molecule has 1 aromatic heterocycles. The van der Waals surface area contributed by atoms with E-state index < -0.39 is 0 Å². The molecule has 132 valence electrons. The van der Waals surface area contributed by atoms with Gasteiger partial charge in [-0.3, -0.25) is 19.6 Å². The fourth-order valence-electron chi connectivity index (χ4n) is 4.25. The number of hydrogen-bond donors (Lipinski definition) is 2. The average molecular weight is 340 g/mol. The molecule has 1 aromatic carbocycles. The minimum absolute atomic E-state index is 0.191. The molecule has 0 aliphatic carbocycles. The molecule has 2 aromatic rings. The van der Waals surface area contributed by atoms with Crippen LogP contribution in [0.3, 0.4) is 0 Å². The number of rotatable bonds is 2. The van der Waals surface area contributed by atoms with E-state index in [1.807, 2.05) is 11.7 Å². The molecule has 0 bridgehead atoms. The van der Waals surface area contributed by atoms with Crippen molar-refractivity contribution in [1.29, 1.82) is 0 Å². The van der Waals surface area contributed by atoms with Crippen LogP contribution >= 0.6 is 0 Å². The Morgan fingerprint density at radius 2 is 2.08 bits per heavy atom. The van der Waals surface area contributed by atoms with Gasteiger partial charge in [0.05, 0.1) is 17.1 Å². The van der Waals surface area contributed by atoms with Crippen LogP contribution in [0.25, 0.3) is 10.9 Å². The Hall–Kier alpha value is -2.21. The van der Waals surface area contributed by atoms with E-state index in [-0.39, 0.29) is 17.7 Å². The van der Waals surface area contributed by atoms with Crippen LogP contribution in [-0.4, -0.2) is 34.7 Å². The Kier molecular flexibility index (Phi) is 4.07. The smallest absolute Gasteiger partial charge is 0.235 e. The number of fused-ring (bicyclic) bond motifs is 1. The van der Waals surface area contributed by atoms with Crippen LogP contribution in [0.5, 0.6) is 0 Å². The minimum atomic E-state index is -0.343. The van der Waals surface area contributed by atoms with E-state index in [2.05, 4.69) is 40.9 Å². The molecular weight excluding hydrogens is 316 g/mol. The first-order valence-corrected chi connectivity index (χ1v) is 9.05. The Balaban J connectivity index is 1.71. The lowest BCUT2D eigenvalue weighted by Gasteiger charge is -2.30. The highest BCUT2D eigenvalue weighted by molar-refractivity contribution is 6.02. The van der Waals surface area contributed by atoms with E-state index in [1.54, 1.807) is 0 Å². The van der Waals surface area contributed by atoms with Gasteiger partial charge in [0.1, 0.15) is 0 Å². The summed E-state index contributed by atoms with van der Waals surface area (Å²) < 4.78 is 1.86. The van der Waals surface area contributed by atoms with Gasteiger partial charge < -0.3 is 5.32 Å². The summed E-state index contributed by atoms with van der Waals surface area (Å²) in [4.78, 5) is 23.6. The molecule has 4 rings (SSSR count). The van der Waals surface area contributed by atoms with Gasteiger partial charge in [-0.25, -0.2) is 0 Å². The highest BCUT2D eigenvalue weighted by Gasteiger charge is 2.32. The Morgan fingerprint density at radius 3 is 2.84 bits per heavy atom. The summed E-state index contributed by atoms with van der Waals surface area (Å²) in [6.45, 7) is 4.40. The fourth-order valence-corrected chi connectivity index (χ4v) is 4.25. The summed E-state index contributed by atoms with van der Waals surface area (Å²) in [5.41, 5.74) is 3.19. The molecule has 2 saturated heterocycles. The molecule has 2 N–H and O–H groups in total. The quantitative estimate of drug-likeness (QED) is 0.818. The van der Waals surface area contributed by atoms with Gasteiger partial charge in [-0.2, -0.15) is 5.10 Å². The van der Waals surface area contributed by atoms with E-state index in [0.717, 1.165) is 36.1 Å². The molecule has 3 heterocycles. The summed E-state index contributed by atoms with van der Waals surface area (Å²) in [6.07, 6.45) is 2.05. The molecule has 25 heavy (non-hydrogen) atoms. The summed E-state index contributed by atoms with van der Waals surface area (Å²) in [6, 6.07) is 6.52. The lowest BCUT2D eigenvalue weighted by Crippen LogP contribution is -2.39. The van der Waals surface area contributed by atoms with Gasteiger partial charge in [-0.05, 0) is 49.4 Å². The van der Waals surface area contributed by atoms with Crippen molar-refractivity contribution in [2.75, 3.05) is 13.1 Å². The number of amides is 2. The summed E-state index contributed by atoms with van der Waals surface area (Å²) >= 11 is 0. The number of nitrogens with one attached hydrogen (secondary N) is 2. The minimum Gasteiger partial charge on any atom is -0.316 e. The van der Waals surface area contributed by atoms with Gasteiger partial charge in [-0.1, -0.05) is 19.1 Å². The molecule has 2 aliphatic rings. The third-order valence-electron chi connectivity index (χ3n) is 5.69. The zero-order chi connectivity index (χ0) is 17.6. The predicted octanol–water partition coefficient (Wildman–Crippen LogP) is 1.81. The molecule has 6 nitrogen and oxygen atoms in total. The van der Waals surface area contributed by atoms with Crippen LogP contribution in [0, 0.1) is 5.92 Å². The largest absolute Gasteiger partial charge is 0.316 e. The van der Waals surface area contributed by atoms with E-state index in [4.69, 9.17) is 0 Å². The van der Waals surface area contributed by atoms with Gasteiger partial charge in [0, 0.05) is 18.9 Å². The van der Waals surface area contributed by atoms with Crippen LogP contribution in [0.2, 0.25) is 0 Å². The molecule has 0 saturated carbocycles. The first kappa shape index (κ1) is 16.3. The van der Waals surface area contributed by atoms with E-state index in [1.165, 1.54) is 5.56 Å². The maximum absolute atomic E-state index is 12.2. The van der Waals surface area contributed by atoms with E-state index in [9.17, 15) is 9.59 Å². The van der Waals surface area contributed by atoms with Gasteiger partial charge >= 0.3 is 0 Å². The summed E-state index contributed by atoms with van der Waals surface area (Å²) in [5, 5.41) is 11.5. The second kappa shape index (κ2) is 6.26. The molecule has 0 radical (unpaired) electrons. The van der Waals surface area contributed by atoms with Crippen molar-refractivity contribution in [2.24, 2.45) is 13.0 Å². The summed E-state index contributed by atoms with van der Waals surface area (Å²) in [7, 11) is 1.92. The molecule has 2 amide bonds. The van der Waals surface area contributed by atoms with Gasteiger partial charge in [0.2, 0.25) is 11.8 Å². The molecule has 2 aliphatic heterocycles. The Bertz CT molecular complexity index is 841. The number of carbonyl (C=O) groups excluding carboxylic acids is 2. The number of nitrogens with zero attached hydrogens (tertiary/aromatic N) is 2. The van der Waals surface area contributed by atoms with Crippen molar-refractivity contribution >= 4 is 22.7 Å². The molecular formula is C19H24N4O2. The highest BCUT2D eigenvalue weighted by Crippen LogP contribution is 2.35. The first-order valence-electron chi connectivity index (χ1n) is 9.05. The average Bonchev–Trinajstić information content (AvgIpc) is 2.91. The number of benzene rings is 1. The number of aromatic nitrogens is 2. The summed E-state index contributed by atoms with van der Waals surface area (Å²) in [5.74, 6) is 0.398. The Morgan fingerprint density at radius 1 is 1.24 bits per heavy atom. The van der Waals surface area contributed by atoms with Crippen LogP contribution in [0.15, 0.2) is 18.2 Å². The highest BCUT2D eigenvalue weighted by atomic mass is 16.2. The lowest BCUT2D eigenvalue weighted by molar-refractivity contribution is -0.134. The normalized spacial score (nSPS) is 27.5. The number of carbonyl (C=O) groups is 2. The number of aryl methyl sites for hydroxylation is 1. The molecule has 2 fully saturated rings. The van der Waals surface area contributed by atoms with Crippen LogP contribution in [0.1, 0.15) is 49.3 Å². The van der Waals surface area contributed by atoms with Crippen molar-refractivity contribution in [3.8, 4) is 0 Å². The Labute approximate surface area is 147 Å². The number of hydrogen-bond acceptors (Lipinski definition) is 4. The van der Waals surface area contributed by atoms with Gasteiger partial charge in [-0.15, -0.1) is 0 Å². The van der Waals surface area contributed by atoms with Crippen LogP contribution < -0.4 is 10.6 Å². The number of piperidine rings is 2. The monoisotopic (exact) mass is 340 g/mol. The van der Waals surface area contributed by atoms with Gasteiger partial charge in [0.25, 0.3) is 0 Å². The SMILES string of the molecule is C[C@@H]1CNCCC1c1ccc2c(C3CCC(=O)NC3=O)nn(C)c2c1. The van der Waals surface area contributed by atoms with E-state index in [0.29, 0.717) is 24.7 Å².